The van der Waals surface area contributed by atoms with Gasteiger partial charge in [-0.3, -0.25) is 10.1 Å². The number of phenols is 2. The Morgan fingerprint density at radius 1 is 1.15 bits per heavy atom. The van der Waals surface area contributed by atoms with Crippen LogP contribution in [0.25, 0.3) is 22.5 Å². The molecule has 3 rings (SSSR count). The van der Waals surface area contributed by atoms with Crippen LogP contribution in [0.4, 0.5) is 0 Å². The summed E-state index contributed by atoms with van der Waals surface area (Å²) in [5.74, 6) is 0.0339. The topological polar surface area (TPSA) is 82.0 Å². The number of nitrogens with one attached hydrogen (secondary N) is 1. The van der Waals surface area contributed by atoms with Crippen molar-refractivity contribution >= 4 is 0 Å². The lowest BCUT2D eigenvalue weighted by molar-refractivity contribution is 0.451. The molecule has 2 heterocycles. The SMILES string of the molecule is Cc1cc(O)cc(O)c1-c1[nH]ncc1-c1ccccn1. The first-order valence-electron chi connectivity index (χ1n) is 6.14. The number of aromatic hydroxyl groups is 2. The molecule has 0 atom stereocenters. The van der Waals surface area contributed by atoms with Crippen LogP contribution in [0.1, 0.15) is 5.56 Å². The van der Waals surface area contributed by atoms with Gasteiger partial charge in [0.2, 0.25) is 0 Å². The zero-order valence-corrected chi connectivity index (χ0v) is 10.8. The van der Waals surface area contributed by atoms with Gasteiger partial charge < -0.3 is 10.2 Å². The second kappa shape index (κ2) is 4.70. The molecule has 0 aliphatic heterocycles. The number of aryl methyl sites for hydroxylation is 1. The van der Waals surface area contributed by atoms with Crippen LogP contribution in [0, 0.1) is 6.92 Å². The van der Waals surface area contributed by atoms with Crippen molar-refractivity contribution in [3.8, 4) is 34.0 Å². The number of hydrogen-bond donors (Lipinski definition) is 3. The second-order valence-corrected chi connectivity index (χ2v) is 4.53. The predicted molar refractivity (Wildman–Crippen MR) is 75.3 cm³/mol. The molecule has 0 amide bonds. The minimum atomic E-state index is 0.00364. The molecule has 3 N–H and O–H groups in total. The Morgan fingerprint density at radius 2 is 2.00 bits per heavy atom. The summed E-state index contributed by atoms with van der Waals surface area (Å²) in [6.07, 6.45) is 3.37. The van der Waals surface area contributed by atoms with Crippen LogP contribution in [0.5, 0.6) is 11.5 Å². The molecule has 0 unspecified atom stereocenters. The molecular weight excluding hydrogens is 254 g/mol. The highest BCUT2D eigenvalue weighted by Gasteiger charge is 2.17. The highest BCUT2D eigenvalue weighted by atomic mass is 16.3. The van der Waals surface area contributed by atoms with Crippen LogP contribution in [0.2, 0.25) is 0 Å². The lowest BCUT2D eigenvalue weighted by Crippen LogP contribution is -1.89. The zero-order chi connectivity index (χ0) is 14.1. The fourth-order valence-corrected chi connectivity index (χ4v) is 2.27. The van der Waals surface area contributed by atoms with E-state index in [9.17, 15) is 10.2 Å². The maximum absolute atomic E-state index is 10.1. The van der Waals surface area contributed by atoms with Gasteiger partial charge in [0, 0.05) is 23.4 Å². The van der Waals surface area contributed by atoms with Gasteiger partial charge in [-0.15, -0.1) is 0 Å². The Hall–Kier alpha value is -2.82. The molecule has 5 heteroatoms. The van der Waals surface area contributed by atoms with Gasteiger partial charge in [0.1, 0.15) is 11.5 Å². The summed E-state index contributed by atoms with van der Waals surface area (Å²) in [6.45, 7) is 1.82. The number of H-pyrrole nitrogens is 1. The minimum Gasteiger partial charge on any atom is -0.508 e. The number of benzene rings is 1. The molecule has 5 nitrogen and oxygen atoms in total. The molecule has 1 aromatic carbocycles. The average molecular weight is 267 g/mol. The first-order chi connectivity index (χ1) is 9.66. The van der Waals surface area contributed by atoms with E-state index in [1.165, 1.54) is 6.07 Å². The highest BCUT2D eigenvalue weighted by molar-refractivity contribution is 5.83. The third-order valence-corrected chi connectivity index (χ3v) is 3.13. The molecule has 0 bridgehead atoms. The van der Waals surface area contributed by atoms with Gasteiger partial charge in [0.15, 0.2) is 0 Å². The number of aromatic nitrogens is 3. The third kappa shape index (κ3) is 1.99. The summed E-state index contributed by atoms with van der Waals surface area (Å²) in [5, 5.41) is 26.5. The normalized spacial score (nSPS) is 10.7. The molecule has 0 radical (unpaired) electrons. The summed E-state index contributed by atoms with van der Waals surface area (Å²) < 4.78 is 0. The van der Waals surface area contributed by atoms with Crippen LogP contribution in [0.3, 0.4) is 0 Å². The molecule has 0 saturated heterocycles. The van der Waals surface area contributed by atoms with Crippen molar-refractivity contribution in [2.45, 2.75) is 6.92 Å². The number of rotatable bonds is 2. The molecule has 20 heavy (non-hydrogen) atoms. The summed E-state index contributed by atoms with van der Waals surface area (Å²) in [6, 6.07) is 8.51. The first kappa shape index (κ1) is 12.2. The highest BCUT2D eigenvalue weighted by Crippen LogP contribution is 2.38. The smallest absolute Gasteiger partial charge is 0.128 e. The minimum absolute atomic E-state index is 0.00364. The predicted octanol–water partition coefficient (Wildman–Crippen LogP) is 2.86. The van der Waals surface area contributed by atoms with E-state index in [0.29, 0.717) is 11.3 Å². The molecule has 3 aromatic rings. The zero-order valence-electron chi connectivity index (χ0n) is 10.8. The molecule has 0 fully saturated rings. The third-order valence-electron chi connectivity index (χ3n) is 3.13. The molecule has 0 spiro atoms. The lowest BCUT2D eigenvalue weighted by atomic mass is 9.99. The van der Waals surface area contributed by atoms with Crippen molar-refractivity contribution in [3.05, 3.63) is 48.3 Å². The van der Waals surface area contributed by atoms with Crippen molar-refractivity contribution in [3.63, 3.8) is 0 Å². The largest absolute Gasteiger partial charge is 0.508 e. The van der Waals surface area contributed by atoms with Gasteiger partial charge in [-0.05, 0) is 30.7 Å². The van der Waals surface area contributed by atoms with Crippen LogP contribution < -0.4 is 0 Å². The van der Waals surface area contributed by atoms with E-state index in [1.807, 2.05) is 25.1 Å². The van der Waals surface area contributed by atoms with E-state index in [4.69, 9.17) is 0 Å². The standard InChI is InChI=1S/C15H13N3O2/c1-9-6-10(19)7-13(20)14(9)15-11(8-17-18-15)12-4-2-3-5-16-12/h2-8,19-20H,1H3,(H,17,18). The number of aromatic amines is 1. The van der Waals surface area contributed by atoms with Crippen LogP contribution in [-0.4, -0.2) is 25.4 Å². The van der Waals surface area contributed by atoms with E-state index in [-0.39, 0.29) is 11.5 Å². The first-order valence-corrected chi connectivity index (χ1v) is 6.14. The van der Waals surface area contributed by atoms with Gasteiger partial charge in [-0.25, -0.2) is 0 Å². The fourth-order valence-electron chi connectivity index (χ4n) is 2.27. The van der Waals surface area contributed by atoms with E-state index in [0.717, 1.165) is 16.8 Å². The Labute approximate surface area is 115 Å². The maximum Gasteiger partial charge on any atom is 0.128 e. The van der Waals surface area contributed by atoms with E-state index in [2.05, 4.69) is 15.2 Å². The van der Waals surface area contributed by atoms with Crippen molar-refractivity contribution in [1.82, 2.24) is 15.2 Å². The van der Waals surface area contributed by atoms with Gasteiger partial charge >= 0.3 is 0 Å². The Bertz CT molecular complexity index is 728. The van der Waals surface area contributed by atoms with Crippen molar-refractivity contribution < 1.29 is 10.2 Å². The van der Waals surface area contributed by atoms with Crippen molar-refractivity contribution in [2.24, 2.45) is 0 Å². The number of hydrogen-bond acceptors (Lipinski definition) is 4. The van der Waals surface area contributed by atoms with Crippen LogP contribution >= 0.6 is 0 Å². The molecule has 0 saturated carbocycles. The number of pyridine rings is 1. The fraction of sp³-hybridized carbons (Fsp3) is 0.0667. The quantitative estimate of drug-likeness (QED) is 0.666. The lowest BCUT2D eigenvalue weighted by Gasteiger charge is -2.09. The summed E-state index contributed by atoms with van der Waals surface area (Å²) in [7, 11) is 0. The molecule has 100 valence electrons. The monoisotopic (exact) mass is 267 g/mol. The van der Waals surface area contributed by atoms with Crippen LogP contribution in [-0.2, 0) is 0 Å². The van der Waals surface area contributed by atoms with E-state index < -0.39 is 0 Å². The van der Waals surface area contributed by atoms with Gasteiger partial charge in [-0.2, -0.15) is 5.10 Å². The summed E-state index contributed by atoms with van der Waals surface area (Å²) in [4.78, 5) is 4.29. The van der Waals surface area contributed by atoms with E-state index in [1.54, 1.807) is 18.5 Å². The van der Waals surface area contributed by atoms with Gasteiger partial charge in [0.25, 0.3) is 0 Å². The van der Waals surface area contributed by atoms with Crippen molar-refractivity contribution in [2.75, 3.05) is 0 Å². The number of phenolic OH excluding ortho intramolecular Hbond substituents is 2. The second-order valence-electron chi connectivity index (χ2n) is 4.53. The average Bonchev–Trinajstić information content (AvgIpc) is 2.87. The Kier molecular flexibility index (Phi) is 2.87. The molecular formula is C15H13N3O2. The molecule has 0 aliphatic carbocycles. The van der Waals surface area contributed by atoms with Gasteiger partial charge in [-0.1, -0.05) is 6.07 Å². The summed E-state index contributed by atoms with van der Waals surface area (Å²) in [5.41, 5.74) is 3.61. The van der Waals surface area contributed by atoms with E-state index >= 15 is 0 Å². The van der Waals surface area contributed by atoms with Crippen LogP contribution in [0.15, 0.2) is 42.7 Å². The summed E-state index contributed by atoms with van der Waals surface area (Å²) >= 11 is 0. The maximum atomic E-state index is 10.1. The molecule has 2 aromatic heterocycles. The van der Waals surface area contributed by atoms with Gasteiger partial charge in [0.05, 0.1) is 17.6 Å². The Balaban J connectivity index is 2.21. The number of nitrogens with zero attached hydrogens (tertiary/aromatic N) is 2. The Morgan fingerprint density at radius 3 is 2.70 bits per heavy atom. The van der Waals surface area contributed by atoms with Crippen molar-refractivity contribution in [1.29, 1.82) is 0 Å². The molecule has 0 aliphatic rings.